The summed E-state index contributed by atoms with van der Waals surface area (Å²) in [5.74, 6) is -3.71. The highest BCUT2D eigenvalue weighted by Crippen LogP contribution is 2.55. The summed E-state index contributed by atoms with van der Waals surface area (Å²) >= 11 is 5.36. The first-order valence-corrected chi connectivity index (χ1v) is 7.37. The predicted molar refractivity (Wildman–Crippen MR) is 78.6 cm³/mol. The summed E-state index contributed by atoms with van der Waals surface area (Å²) in [5, 5.41) is 0. The van der Waals surface area contributed by atoms with Crippen molar-refractivity contribution in [2.45, 2.75) is 26.5 Å². The molecule has 7 nitrogen and oxygen atoms in total. The normalized spacial score (nSPS) is 36.9. The topological polar surface area (TPSA) is 82.1 Å². The Bertz CT molecular complexity index is 554. The molecule has 0 aliphatic carbocycles. The van der Waals surface area contributed by atoms with Gasteiger partial charge in [0.05, 0.1) is 13.7 Å². The van der Waals surface area contributed by atoms with Gasteiger partial charge in [0.15, 0.2) is 5.72 Å². The lowest BCUT2D eigenvalue weighted by molar-refractivity contribution is -0.242. The van der Waals surface area contributed by atoms with Crippen LogP contribution in [0.3, 0.4) is 0 Å². The largest absolute Gasteiger partial charge is 0.469 e. The van der Waals surface area contributed by atoms with Crippen LogP contribution in [0.15, 0.2) is 0 Å². The molecule has 8 heteroatoms. The van der Waals surface area contributed by atoms with Crippen molar-refractivity contribution in [3.8, 4) is 0 Å². The quantitative estimate of drug-likeness (QED) is 0.320. The number of esters is 3. The van der Waals surface area contributed by atoms with E-state index in [1.54, 1.807) is 27.8 Å². The lowest BCUT2D eigenvalue weighted by Crippen LogP contribution is -2.78. The van der Waals surface area contributed by atoms with Crippen LogP contribution in [0.1, 0.15) is 20.8 Å². The molecule has 0 aromatic heterocycles. The van der Waals surface area contributed by atoms with Gasteiger partial charge in [-0.1, -0.05) is 19.1 Å². The van der Waals surface area contributed by atoms with Crippen LogP contribution in [-0.4, -0.2) is 54.3 Å². The SMILES string of the molecule is CCOC(=O)[C@@]12C(=O)O[C@@](C)([C@H](C(=O)OC)[C@H]1C)N(C)C2=S. The molecule has 3 aliphatic rings. The fourth-order valence-electron chi connectivity index (χ4n) is 3.41. The molecule has 3 aliphatic heterocycles. The van der Waals surface area contributed by atoms with Crippen LogP contribution in [0.4, 0.5) is 0 Å². The van der Waals surface area contributed by atoms with E-state index in [1.807, 2.05) is 0 Å². The number of thiocarbonyl (C=S) groups is 1. The number of methoxy groups -OCH3 is 1. The summed E-state index contributed by atoms with van der Waals surface area (Å²) in [4.78, 5) is 38.9. The minimum absolute atomic E-state index is 0.0903. The van der Waals surface area contributed by atoms with Crippen LogP contribution >= 0.6 is 12.2 Å². The van der Waals surface area contributed by atoms with Gasteiger partial charge in [-0.2, -0.15) is 0 Å². The van der Waals surface area contributed by atoms with E-state index >= 15 is 0 Å². The van der Waals surface area contributed by atoms with Gasteiger partial charge < -0.3 is 19.1 Å². The Morgan fingerprint density at radius 2 is 2.05 bits per heavy atom. The van der Waals surface area contributed by atoms with Crippen LogP contribution in [0.25, 0.3) is 0 Å². The van der Waals surface area contributed by atoms with Crippen LogP contribution in [0.5, 0.6) is 0 Å². The number of fused-ring (bicyclic) bond motifs is 3. The van der Waals surface area contributed by atoms with Crippen LogP contribution in [-0.2, 0) is 28.6 Å². The molecular formula is C14H19NO6S. The van der Waals surface area contributed by atoms with Crippen molar-refractivity contribution in [3.05, 3.63) is 0 Å². The number of piperidine rings is 1. The zero-order valence-corrected chi connectivity index (χ0v) is 14.0. The molecule has 0 aromatic rings. The molecule has 0 saturated carbocycles. The van der Waals surface area contributed by atoms with E-state index < -0.39 is 40.9 Å². The fraction of sp³-hybridized carbons (Fsp3) is 0.714. The molecule has 0 amide bonds. The molecule has 0 unspecified atom stereocenters. The lowest BCUT2D eigenvalue weighted by Gasteiger charge is -2.60. The number of carbonyl (C=O) groups excluding carboxylic acids is 3. The molecule has 3 rings (SSSR count). The molecule has 2 bridgehead atoms. The molecule has 122 valence electrons. The monoisotopic (exact) mass is 329 g/mol. The number of nitrogens with zero attached hydrogens (tertiary/aromatic N) is 1. The number of ether oxygens (including phenoxy) is 3. The van der Waals surface area contributed by atoms with Crippen molar-refractivity contribution in [1.29, 1.82) is 0 Å². The van der Waals surface area contributed by atoms with Crippen molar-refractivity contribution >= 4 is 35.1 Å². The van der Waals surface area contributed by atoms with Gasteiger partial charge in [-0.15, -0.1) is 0 Å². The Morgan fingerprint density at radius 1 is 1.45 bits per heavy atom. The molecule has 0 spiro atoms. The summed E-state index contributed by atoms with van der Waals surface area (Å²) in [7, 11) is 2.84. The fourth-order valence-corrected chi connectivity index (χ4v) is 3.94. The highest BCUT2D eigenvalue weighted by atomic mass is 32.1. The highest BCUT2D eigenvalue weighted by molar-refractivity contribution is 7.80. The van der Waals surface area contributed by atoms with Crippen LogP contribution in [0, 0.1) is 17.3 Å². The maximum Gasteiger partial charge on any atom is 0.333 e. The molecule has 3 heterocycles. The van der Waals surface area contributed by atoms with Gasteiger partial charge in [-0.25, -0.2) is 0 Å². The number of hydrogen-bond acceptors (Lipinski definition) is 7. The summed E-state index contributed by atoms with van der Waals surface area (Å²) in [5.41, 5.74) is -3.08. The standard InChI is InChI=1S/C14H19NO6S/c1-6-20-11(17)14-7(2)8(9(16)19-5)13(3,21-12(14)18)15(4)10(14)22/h7-8H,6H2,1-5H3/t7-,8+,13+,14-/m1/s1. The molecule has 4 atom stereocenters. The van der Waals surface area contributed by atoms with Crippen molar-refractivity contribution in [2.75, 3.05) is 20.8 Å². The molecule has 0 N–H and O–H groups in total. The summed E-state index contributed by atoms with van der Waals surface area (Å²) in [6.07, 6.45) is 0. The first kappa shape index (κ1) is 16.7. The lowest BCUT2D eigenvalue weighted by atomic mass is 9.61. The highest BCUT2D eigenvalue weighted by Gasteiger charge is 2.75. The average Bonchev–Trinajstić information content (AvgIpc) is 2.44. The second-order valence-corrected chi connectivity index (χ2v) is 6.01. The van der Waals surface area contributed by atoms with Gasteiger partial charge in [0.1, 0.15) is 10.9 Å². The summed E-state index contributed by atoms with van der Waals surface area (Å²) < 4.78 is 15.3. The third kappa shape index (κ3) is 1.73. The maximum atomic E-state index is 12.5. The van der Waals surface area contributed by atoms with Gasteiger partial charge in [-0.05, 0) is 13.8 Å². The third-order valence-electron chi connectivity index (χ3n) is 4.74. The van der Waals surface area contributed by atoms with Crippen LogP contribution in [0.2, 0.25) is 0 Å². The minimum Gasteiger partial charge on any atom is -0.469 e. The van der Waals surface area contributed by atoms with Gasteiger partial charge in [0.25, 0.3) is 0 Å². The van der Waals surface area contributed by atoms with Crippen LogP contribution < -0.4 is 0 Å². The Balaban J connectivity index is 2.65. The van der Waals surface area contributed by atoms with E-state index in [0.717, 1.165) is 0 Å². The van der Waals surface area contributed by atoms with Gasteiger partial charge in [0, 0.05) is 13.0 Å². The van der Waals surface area contributed by atoms with Gasteiger partial charge in [0.2, 0.25) is 5.41 Å². The zero-order valence-electron chi connectivity index (χ0n) is 13.2. The molecule has 0 radical (unpaired) electrons. The van der Waals surface area contributed by atoms with E-state index in [9.17, 15) is 14.4 Å². The Labute approximate surface area is 133 Å². The second kappa shape index (κ2) is 5.19. The molecule has 0 aromatic carbocycles. The third-order valence-corrected chi connectivity index (χ3v) is 5.34. The van der Waals surface area contributed by atoms with Crippen molar-refractivity contribution in [3.63, 3.8) is 0 Å². The van der Waals surface area contributed by atoms with Crippen molar-refractivity contribution in [2.24, 2.45) is 17.3 Å². The Kier molecular flexibility index (Phi) is 3.93. The first-order valence-electron chi connectivity index (χ1n) is 6.96. The van der Waals surface area contributed by atoms with E-state index in [4.69, 9.17) is 26.4 Å². The Hall–Kier alpha value is -1.70. The minimum atomic E-state index is -1.79. The Morgan fingerprint density at radius 3 is 2.55 bits per heavy atom. The van der Waals surface area contributed by atoms with Gasteiger partial charge in [-0.3, -0.25) is 14.4 Å². The average molecular weight is 329 g/mol. The second-order valence-electron chi connectivity index (χ2n) is 5.63. The number of rotatable bonds is 3. The number of hydrogen-bond donors (Lipinski definition) is 0. The molecular weight excluding hydrogens is 310 g/mol. The van der Waals surface area contributed by atoms with E-state index in [-0.39, 0.29) is 11.6 Å². The molecule has 3 fully saturated rings. The smallest absolute Gasteiger partial charge is 0.333 e. The van der Waals surface area contributed by atoms with Gasteiger partial charge >= 0.3 is 17.9 Å². The predicted octanol–water partition coefficient (Wildman–Crippen LogP) is 0.507. The van der Waals surface area contributed by atoms with E-state index in [2.05, 4.69) is 0 Å². The molecule has 22 heavy (non-hydrogen) atoms. The maximum absolute atomic E-state index is 12.5. The first-order chi connectivity index (χ1) is 10.2. The molecule has 3 saturated heterocycles. The zero-order chi connectivity index (χ0) is 16.9. The summed E-state index contributed by atoms with van der Waals surface area (Å²) in [6, 6.07) is 0. The van der Waals surface area contributed by atoms with E-state index in [1.165, 1.54) is 12.0 Å². The van der Waals surface area contributed by atoms with Crippen molar-refractivity contribution in [1.82, 2.24) is 4.90 Å². The van der Waals surface area contributed by atoms with Crippen molar-refractivity contribution < 1.29 is 28.6 Å². The summed E-state index contributed by atoms with van der Waals surface area (Å²) in [6.45, 7) is 4.93. The van der Waals surface area contributed by atoms with E-state index in [0.29, 0.717) is 0 Å². The number of carbonyl (C=O) groups is 3.